The third-order valence-electron chi connectivity index (χ3n) is 5.82. The summed E-state index contributed by atoms with van der Waals surface area (Å²) in [7, 11) is 3.82. The topological polar surface area (TPSA) is 127 Å². The molecule has 0 unspecified atom stereocenters. The van der Waals surface area contributed by atoms with Gasteiger partial charge in [-0.25, -0.2) is 9.79 Å². The number of thiazole rings is 1. The summed E-state index contributed by atoms with van der Waals surface area (Å²) in [5.41, 5.74) is 1.70. The number of allylic oxidation sites excluding steroid dienone is 1. The minimum atomic E-state index is -0.792. The van der Waals surface area contributed by atoms with Gasteiger partial charge in [0.1, 0.15) is 5.75 Å². The number of esters is 1. The second kappa shape index (κ2) is 10.3. The van der Waals surface area contributed by atoms with Crippen LogP contribution in [0.3, 0.4) is 0 Å². The Balaban J connectivity index is 1.97. The fraction of sp³-hybridized carbons (Fsp3) is 0.240. The maximum Gasteiger partial charge on any atom is 0.338 e. The molecule has 3 aromatic rings. The molecule has 0 bridgehead atoms. The molecule has 1 aliphatic heterocycles. The van der Waals surface area contributed by atoms with Crippen LogP contribution in [0.15, 0.2) is 61.9 Å². The van der Waals surface area contributed by atoms with E-state index in [4.69, 9.17) is 4.74 Å². The van der Waals surface area contributed by atoms with Crippen LogP contribution in [0.1, 0.15) is 31.0 Å². The molecule has 37 heavy (non-hydrogen) atoms. The van der Waals surface area contributed by atoms with Gasteiger partial charge in [-0.2, -0.15) is 0 Å². The van der Waals surface area contributed by atoms with Gasteiger partial charge in [0.15, 0.2) is 4.80 Å². The number of benzene rings is 2. The molecular formula is C25H23BrN4O6S. The molecular weight excluding hydrogens is 564 g/mol. The number of hydrogen-bond acceptors (Lipinski definition) is 9. The normalized spacial score (nSPS) is 15.3. The van der Waals surface area contributed by atoms with Crippen molar-refractivity contribution in [2.45, 2.75) is 19.9 Å². The molecule has 1 atom stereocenters. The second-order valence-corrected chi connectivity index (χ2v) is 10.3. The van der Waals surface area contributed by atoms with Crippen LogP contribution in [0.4, 0.5) is 11.4 Å². The predicted octanol–water partition coefficient (Wildman–Crippen LogP) is 3.24. The molecule has 0 spiro atoms. The van der Waals surface area contributed by atoms with Crippen molar-refractivity contribution in [1.82, 2.24) is 4.57 Å². The number of carbonyl (C=O) groups is 1. The predicted molar refractivity (Wildman–Crippen MR) is 144 cm³/mol. The van der Waals surface area contributed by atoms with Crippen molar-refractivity contribution in [3.8, 4) is 5.75 Å². The highest BCUT2D eigenvalue weighted by Crippen LogP contribution is 2.34. The molecule has 12 heteroatoms. The molecule has 10 nitrogen and oxygen atoms in total. The fourth-order valence-corrected chi connectivity index (χ4v) is 5.52. The van der Waals surface area contributed by atoms with Gasteiger partial charge in [-0.05, 0) is 53.5 Å². The minimum absolute atomic E-state index is 0.0968. The molecule has 0 aliphatic carbocycles. The summed E-state index contributed by atoms with van der Waals surface area (Å²) in [5, 5.41) is 21.8. The largest absolute Gasteiger partial charge is 0.506 e. The van der Waals surface area contributed by atoms with Crippen LogP contribution in [0.5, 0.6) is 5.75 Å². The number of nitro benzene ring substituents is 1. The van der Waals surface area contributed by atoms with Crippen molar-refractivity contribution in [2.75, 3.05) is 25.6 Å². The first-order valence-electron chi connectivity index (χ1n) is 11.2. The fourth-order valence-electron chi connectivity index (χ4n) is 4.02. The number of aromatic hydroxyl groups is 1. The number of rotatable bonds is 6. The van der Waals surface area contributed by atoms with Crippen molar-refractivity contribution < 1.29 is 19.6 Å². The van der Waals surface area contributed by atoms with Crippen LogP contribution in [0.25, 0.3) is 6.08 Å². The number of nitrogens with zero attached hydrogens (tertiary/aromatic N) is 4. The van der Waals surface area contributed by atoms with Gasteiger partial charge in [-0.3, -0.25) is 19.5 Å². The third kappa shape index (κ3) is 4.94. The number of ether oxygens (including phenoxy) is 1. The quantitative estimate of drug-likeness (QED) is 0.267. The molecule has 0 radical (unpaired) electrons. The highest BCUT2D eigenvalue weighted by molar-refractivity contribution is 9.10. The van der Waals surface area contributed by atoms with Gasteiger partial charge in [-0.1, -0.05) is 23.5 Å². The molecule has 192 valence electrons. The van der Waals surface area contributed by atoms with Gasteiger partial charge < -0.3 is 14.7 Å². The number of non-ortho nitro benzene ring substituents is 1. The molecule has 2 heterocycles. The zero-order valence-corrected chi connectivity index (χ0v) is 22.8. The van der Waals surface area contributed by atoms with Gasteiger partial charge in [0.2, 0.25) is 0 Å². The number of phenols is 1. The number of halogens is 1. The van der Waals surface area contributed by atoms with E-state index in [1.165, 1.54) is 22.8 Å². The third-order valence-corrected chi connectivity index (χ3v) is 7.40. The first-order chi connectivity index (χ1) is 17.5. The van der Waals surface area contributed by atoms with Crippen LogP contribution in [-0.4, -0.2) is 41.3 Å². The van der Waals surface area contributed by atoms with Crippen LogP contribution >= 0.6 is 27.3 Å². The summed E-state index contributed by atoms with van der Waals surface area (Å²) in [6.07, 6.45) is 1.38. The summed E-state index contributed by atoms with van der Waals surface area (Å²) in [4.78, 5) is 44.2. The SMILES string of the molecule is CCOC(=O)C1=C(C)N=c2s/c(=C\c3cc([N+](=O)[O-])cc(Br)c3O)c(=O)n2[C@H]1c1ccc(N(C)C)cc1. The van der Waals surface area contributed by atoms with Crippen molar-refractivity contribution >= 4 is 50.7 Å². The number of phenolic OH excluding ortho intramolecular Hbond substituents is 1. The number of hydrogen-bond donors (Lipinski definition) is 1. The first kappa shape index (κ1) is 26.3. The minimum Gasteiger partial charge on any atom is -0.506 e. The number of nitro groups is 1. The Morgan fingerprint density at radius 3 is 2.59 bits per heavy atom. The van der Waals surface area contributed by atoms with E-state index in [0.717, 1.165) is 17.0 Å². The summed E-state index contributed by atoms with van der Waals surface area (Å²) in [5.74, 6) is -0.810. The molecule has 0 saturated carbocycles. The Hall–Kier alpha value is -3.77. The summed E-state index contributed by atoms with van der Waals surface area (Å²) in [6, 6.07) is 9.05. The first-order valence-corrected chi connectivity index (χ1v) is 12.8. The lowest BCUT2D eigenvalue weighted by molar-refractivity contribution is -0.385. The molecule has 4 rings (SSSR count). The Labute approximate surface area is 223 Å². The van der Waals surface area contributed by atoms with Crippen molar-refractivity contribution in [1.29, 1.82) is 0 Å². The van der Waals surface area contributed by atoms with Gasteiger partial charge in [0.25, 0.3) is 11.2 Å². The van der Waals surface area contributed by atoms with Crippen molar-refractivity contribution in [3.63, 3.8) is 0 Å². The van der Waals surface area contributed by atoms with E-state index in [9.17, 15) is 24.8 Å². The summed E-state index contributed by atoms with van der Waals surface area (Å²) in [6.45, 7) is 3.55. The van der Waals surface area contributed by atoms with Crippen LogP contribution in [0, 0.1) is 10.1 Å². The highest BCUT2D eigenvalue weighted by Gasteiger charge is 2.33. The Kier molecular flexibility index (Phi) is 7.32. The lowest BCUT2D eigenvalue weighted by Gasteiger charge is -2.25. The molecule has 1 N–H and O–H groups in total. The summed E-state index contributed by atoms with van der Waals surface area (Å²) < 4.78 is 7.04. The van der Waals surface area contributed by atoms with E-state index in [-0.39, 0.29) is 38.2 Å². The zero-order valence-electron chi connectivity index (χ0n) is 20.4. The maximum atomic E-state index is 13.7. The van der Waals surface area contributed by atoms with E-state index in [0.29, 0.717) is 16.1 Å². The average Bonchev–Trinajstić information content (AvgIpc) is 3.15. The maximum absolute atomic E-state index is 13.7. The monoisotopic (exact) mass is 586 g/mol. The molecule has 0 fully saturated rings. The second-order valence-electron chi connectivity index (χ2n) is 8.41. The Morgan fingerprint density at radius 1 is 1.32 bits per heavy atom. The van der Waals surface area contributed by atoms with Crippen molar-refractivity contribution in [3.05, 3.63) is 93.1 Å². The van der Waals surface area contributed by atoms with Crippen LogP contribution in [0.2, 0.25) is 0 Å². The Morgan fingerprint density at radius 2 is 2.00 bits per heavy atom. The van der Waals surface area contributed by atoms with E-state index >= 15 is 0 Å². The van der Waals surface area contributed by atoms with Crippen LogP contribution < -0.4 is 19.8 Å². The smallest absolute Gasteiger partial charge is 0.338 e. The van der Waals surface area contributed by atoms with Gasteiger partial charge >= 0.3 is 5.97 Å². The van der Waals surface area contributed by atoms with E-state index in [1.807, 2.05) is 43.3 Å². The number of anilines is 1. The highest BCUT2D eigenvalue weighted by atomic mass is 79.9. The lowest BCUT2D eigenvalue weighted by Crippen LogP contribution is -2.39. The van der Waals surface area contributed by atoms with Crippen LogP contribution in [-0.2, 0) is 9.53 Å². The molecule has 2 aromatic carbocycles. The van der Waals surface area contributed by atoms with Crippen molar-refractivity contribution in [2.24, 2.45) is 4.99 Å². The molecule has 1 aromatic heterocycles. The lowest BCUT2D eigenvalue weighted by atomic mass is 9.95. The molecule has 0 amide bonds. The molecule has 0 saturated heterocycles. The van der Waals surface area contributed by atoms with Gasteiger partial charge in [0.05, 0.1) is 37.8 Å². The average molecular weight is 587 g/mol. The zero-order chi connectivity index (χ0) is 27.0. The Bertz CT molecular complexity index is 1620. The standard InChI is InChI=1S/C25H23BrN4O6S/c1-5-36-24(33)20-13(2)27-25-29(21(20)14-6-8-16(9-7-14)28(3)4)23(32)19(37-25)11-15-10-17(30(34)35)12-18(26)22(15)31/h6-12,21,31H,5H2,1-4H3/b19-11-/t21-/m0/s1. The van der Waals surface area contributed by atoms with Gasteiger partial charge in [0, 0.05) is 37.5 Å². The van der Waals surface area contributed by atoms with Gasteiger partial charge in [-0.15, -0.1) is 0 Å². The summed E-state index contributed by atoms with van der Waals surface area (Å²) >= 11 is 4.18. The molecule has 1 aliphatic rings. The number of carbonyl (C=O) groups excluding carboxylic acids is 1. The number of aromatic nitrogens is 1. The number of fused-ring (bicyclic) bond motifs is 1. The van der Waals surface area contributed by atoms with E-state index < -0.39 is 22.5 Å². The van der Waals surface area contributed by atoms with E-state index in [1.54, 1.807) is 13.8 Å². The van der Waals surface area contributed by atoms with E-state index in [2.05, 4.69) is 20.9 Å².